The molecule has 0 aliphatic rings. The third kappa shape index (κ3) is 3.19. The SMILES string of the molecule is Cc1nc(N)cc(N(CCC#N)c2ccccc2)n1. The Morgan fingerprint density at radius 3 is 2.63 bits per heavy atom. The smallest absolute Gasteiger partial charge is 0.138 e. The van der Waals surface area contributed by atoms with E-state index < -0.39 is 0 Å². The molecule has 0 amide bonds. The van der Waals surface area contributed by atoms with E-state index in [1.54, 1.807) is 13.0 Å². The molecule has 0 bridgehead atoms. The molecule has 0 spiro atoms. The van der Waals surface area contributed by atoms with Gasteiger partial charge in [0.2, 0.25) is 0 Å². The van der Waals surface area contributed by atoms with Gasteiger partial charge < -0.3 is 10.6 Å². The normalized spacial score (nSPS) is 9.89. The summed E-state index contributed by atoms with van der Waals surface area (Å²) in [4.78, 5) is 10.4. The average molecular weight is 253 g/mol. The minimum atomic E-state index is 0.415. The Hall–Kier alpha value is -2.61. The number of nitrogens with two attached hydrogens (primary N) is 1. The molecule has 0 atom stereocenters. The number of benzene rings is 1. The molecule has 5 nitrogen and oxygen atoms in total. The molecule has 1 aromatic carbocycles. The molecule has 0 radical (unpaired) electrons. The van der Waals surface area contributed by atoms with Crippen LogP contribution in [0.5, 0.6) is 0 Å². The van der Waals surface area contributed by atoms with E-state index in [1.807, 2.05) is 35.2 Å². The van der Waals surface area contributed by atoms with Crippen molar-refractivity contribution in [2.45, 2.75) is 13.3 Å². The van der Waals surface area contributed by atoms with Crippen LogP contribution in [-0.4, -0.2) is 16.5 Å². The van der Waals surface area contributed by atoms with Crippen LogP contribution in [0, 0.1) is 18.3 Å². The van der Waals surface area contributed by atoms with Crippen molar-refractivity contribution in [1.82, 2.24) is 9.97 Å². The van der Waals surface area contributed by atoms with Crippen LogP contribution < -0.4 is 10.6 Å². The topological polar surface area (TPSA) is 78.8 Å². The molecule has 0 saturated carbocycles. The van der Waals surface area contributed by atoms with Crippen LogP contribution >= 0.6 is 0 Å². The molecule has 0 saturated heterocycles. The Labute approximate surface area is 112 Å². The van der Waals surface area contributed by atoms with E-state index in [-0.39, 0.29) is 0 Å². The summed E-state index contributed by atoms with van der Waals surface area (Å²) in [5.41, 5.74) is 6.74. The second-order valence-corrected chi connectivity index (χ2v) is 4.09. The van der Waals surface area contributed by atoms with Crippen molar-refractivity contribution in [3.05, 3.63) is 42.2 Å². The van der Waals surface area contributed by atoms with Gasteiger partial charge in [0.1, 0.15) is 17.5 Å². The summed E-state index contributed by atoms with van der Waals surface area (Å²) in [5, 5.41) is 8.78. The molecule has 0 aliphatic carbocycles. The van der Waals surface area contributed by atoms with Crippen molar-refractivity contribution in [1.29, 1.82) is 5.26 Å². The highest BCUT2D eigenvalue weighted by atomic mass is 15.2. The van der Waals surface area contributed by atoms with Gasteiger partial charge in [-0.25, -0.2) is 9.97 Å². The summed E-state index contributed by atoms with van der Waals surface area (Å²) >= 11 is 0. The van der Waals surface area contributed by atoms with Gasteiger partial charge in [0.05, 0.1) is 12.5 Å². The zero-order valence-corrected chi connectivity index (χ0v) is 10.7. The quantitative estimate of drug-likeness (QED) is 0.905. The van der Waals surface area contributed by atoms with Crippen molar-refractivity contribution in [3.8, 4) is 6.07 Å². The maximum absolute atomic E-state index is 8.78. The summed E-state index contributed by atoms with van der Waals surface area (Å²) in [6.45, 7) is 2.36. The lowest BCUT2D eigenvalue weighted by atomic mass is 10.2. The van der Waals surface area contributed by atoms with Gasteiger partial charge >= 0.3 is 0 Å². The average Bonchev–Trinajstić information content (AvgIpc) is 2.39. The predicted octanol–water partition coefficient (Wildman–Crippen LogP) is 2.42. The van der Waals surface area contributed by atoms with Gasteiger partial charge in [-0.05, 0) is 19.1 Å². The minimum absolute atomic E-state index is 0.415. The zero-order valence-electron chi connectivity index (χ0n) is 10.7. The number of hydrogen-bond acceptors (Lipinski definition) is 5. The summed E-state index contributed by atoms with van der Waals surface area (Å²) < 4.78 is 0. The van der Waals surface area contributed by atoms with Crippen LogP contribution in [0.3, 0.4) is 0 Å². The molecule has 1 aromatic heterocycles. The number of anilines is 3. The molecular formula is C14H15N5. The van der Waals surface area contributed by atoms with Gasteiger partial charge in [-0.2, -0.15) is 5.26 Å². The fourth-order valence-electron chi connectivity index (χ4n) is 1.86. The number of nitrogens with zero attached hydrogens (tertiary/aromatic N) is 4. The van der Waals surface area contributed by atoms with Gasteiger partial charge in [-0.3, -0.25) is 0 Å². The first-order chi connectivity index (χ1) is 9.20. The molecule has 2 N–H and O–H groups in total. The largest absolute Gasteiger partial charge is 0.384 e. The second kappa shape index (κ2) is 5.83. The Morgan fingerprint density at radius 2 is 2.00 bits per heavy atom. The van der Waals surface area contributed by atoms with E-state index in [2.05, 4.69) is 16.0 Å². The summed E-state index contributed by atoms with van der Waals surface area (Å²) in [5.74, 6) is 1.76. The number of hydrogen-bond donors (Lipinski definition) is 1. The summed E-state index contributed by atoms with van der Waals surface area (Å²) in [6.07, 6.45) is 0.415. The lowest BCUT2D eigenvalue weighted by Crippen LogP contribution is -2.20. The summed E-state index contributed by atoms with van der Waals surface area (Å²) in [6, 6.07) is 13.7. The van der Waals surface area contributed by atoms with E-state index >= 15 is 0 Å². The molecule has 1 heterocycles. The first-order valence-electron chi connectivity index (χ1n) is 6.01. The van der Waals surface area contributed by atoms with Crippen molar-refractivity contribution >= 4 is 17.3 Å². The van der Waals surface area contributed by atoms with Crippen LogP contribution in [-0.2, 0) is 0 Å². The first-order valence-corrected chi connectivity index (χ1v) is 6.01. The highest BCUT2D eigenvalue weighted by Crippen LogP contribution is 2.24. The van der Waals surface area contributed by atoms with Gasteiger partial charge in [0, 0.05) is 18.3 Å². The van der Waals surface area contributed by atoms with E-state index in [9.17, 15) is 0 Å². The van der Waals surface area contributed by atoms with Crippen LogP contribution in [0.1, 0.15) is 12.2 Å². The molecular weight excluding hydrogens is 238 g/mol. The van der Waals surface area contributed by atoms with Gasteiger partial charge in [-0.1, -0.05) is 18.2 Å². The second-order valence-electron chi connectivity index (χ2n) is 4.09. The standard InChI is InChI=1S/C14H15N5/c1-11-17-13(16)10-14(18-11)19(9-5-8-15)12-6-3-2-4-7-12/h2-4,6-7,10H,5,9H2,1H3,(H2,16,17,18). The zero-order chi connectivity index (χ0) is 13.7. The van der Waals surface area contributed by atoms with E-state index in [0.717, 1.165) is 5.69 Å². The fourth-order valence-corrected chi connectivity index (χ4v) is 1.86. The molecule has 96 valence electrons. The minimum Gasteiger partial charge on any atom is -0.384 e. The number of nitrogen functional groups attached to an aromatic ring is 1. The Bertz CT molecular complexity index is 568. The van der Waals surface area contributed by atoms with Crippen molar-refractivity contribution in [2.75, 3.05) is 17.2 Å². The van der Waals surface area contributed by atoms with Crippen LogP contribution in [0.25, 0.3) is 0 Å². The maximum atomic E-state index is 8.78. The number of aryl methyl sites for hydroxylation is 1. The van der Waals surface area contributed by atoms with Crippen LogP contribution in [0.4, 0.5) is 17.3 Å². The Balaban J connectivity index is 2.40. The fraction of sp³-hybridized carbons (Fsp3) is 0.214. The molecule has 19 heavy (non-hydrogen) atoms. The third-order valence-corrected chi connectivity index (χ3v) is 2.64. The van der Waals surface area contributed by atoms with Crippen molar-refractivity contribution in [3.63, 3.8) is 0 Å². The molecule has 0 unspecified atom stereocenters. The van der Waals surface area contributed by atoms with Crippen LogP contribution in [0.15, 0.2) is 36.4 Å². The molecule has 2 rings (SSSR count). The Morgan fingerprint density at radius 1 is 1.26 bits per heavy atom. The lowest BCUT2D eigenvalue weighted by molar-refractivity contribution is 0.909. The summed E-state index contributed by atoms with van der Waals surface area (Å²) in [7, 11) is 0. The van der Waals surface area contributed by atoms with E-state index in [4.69, 9.17) is 11.0 Å². The van der Waals surface area contributed by atoms with E-state index in [0.29, 0.717) is 30.4 Å². The Kier molecular flexibility index (Phi) is 3.94. The van der Waals surface area contributed by atoms with Gasteiger partial charge in [0.25, 0.3) is 0 Å². The number of aromatic nitrogens is 2. The third-order valence-electron chi connectivity index (χ3n) is 2.64. The molecule has 2 aromatic rings. The van der Waals surface area contributed by atoms with Gasteiger partial charge in [0.15, 0.2) is 0 Å². The van der Waals surface area contributed by atoms with Crippen molar-refractivity contribution < 1.29 is 0 Å². The monoisotopic (exact) mass is 253 g/mol. The highest BCUT2D eigenvalue weighted by molar-refractivity contribution is 5.61. The van der Waals surface area contributed by atoms with E-state index in [1.165, 1.54) is 0 Å². The van der Waals surface area contributed by atoms with Crippen LogP contribution in [0.2, 0.25) is 0 Å². The molecule has 5 heteroatoms. The molecule has 0 fully saturated rings. The number of para-hydroxylation sites is 1. The predicted molar refractivity (Wildman–Crippen MR) is 74.9 cm³/mol. The number of nitriles is 1. The van der Waals surface area contributed by atoms with Gasteiger partial charge in [-0.15, -0.1) is 0 Å². The van der Waals surface area contributed by atoms with Crippen molar-refractivity contribution in [2.24, 2.45) is 0 Å². The highest BCUT2D eigenvalue weighted by Gasteiger charge is 2.11. The molecule has 0 aliphatic heterocycles. The maximum Gasteiger partial charge on any atom is 0.138 e. The lowest BCUT2D eigenvalue weighted by Gasteiger charge is -2.23. The number of rotatable bonds is 4. The first kappa shape index (κ1) is 12.8.